The van der Waals surface area contributed by atoms with Gasteiger partial charge >= 0.3 is 0 Å². The Kier molecular flexibility index (Phi) is 3.64. The molecule has 0 radical (unpaired) electrons. The number of hydrogen-bond donors (Lipinski definition) is 1. The smallest absolute Gasteiger partial charge is 0.150 e. The number of nitrogens with zero attached hydrogens (tertiary/aromatic N) is 3. The highest BCUT2D eigenvalue weighted by Gasteiger charge is 2.33. The quantitative estimate of drug-likeness (QED) is 0.941. The van der Waals surface area contributed by atoms with Gasteiger partial charge in [0.05, 0.1) is 10.2 Å². The first-order valence-electron chi connectivity index (χ1n) is 6.46. The van der Waals surface area contributed by atoms with Gasteiger partial charge in [0.1, 0.15) is 12.1 Å². The van der Waals surface area contributed by atoms with Crippen LogP contribution in [-0.4, -0.2) is 40.6 Å². The zero-order valence-corrected chi connectivity index (χ0v) is 12.6. The summed E-state index contributed by atoms with van der Waals surface area (Å²) in [4.78, 5) is 11.2. The second kappa shape index (κ2) is 5.26. The molecule has 0 spiro atoms. The molecule has 19 heavy (non-hydrogen) atoms. The van der Waals surface area contributed by atoms with Gasteiger partial charge in [-0.1, -0.05) is 0 Å². The Hall–Kier alpha value is -0.850. The topological polar surface area (TPSA) is 55.0 Å². The van der Waals surface area contributed by atoms with E-state index in [1.54, 1.807) is 17.7 Å². The number of thiophene rings is 1. The Labute approximate surface area is 121 Å². The van der Waals surface area contributed by atoms with Gasteiger partial charge in [-0.05, 0) is 30.5 Å². The summed E-state index contributed by atoms with van der Waals surface area (Å²) in [6, 6.07) is 2.06. The lowest BCUT2D eigenvalue weighted by molar-refractivity contribution is 0.456. The molecule has 1 saturated heterocycles. The summed E-state index contributed by atoms with van der Waals surface area (Å²) in [5.74, 6) is 1.09. The summed E-state index contributed by atoms with van der Waals surface area (Å²) in [6.45, 7) is 2.82. The molecular formula is C13H18N4S2. The third-order valence-corrected chi connectivity index (χ3v) is 6.34. The van der Waals surface area contributed by atoms with Gasteiger partial charge < -0.3 is 10.6 Å². The molecule has 0 amide bonds. The Morgan fingerprint density at radius 3 is 2.89 bits per heavy atom. The number of anilines is 1. The van der Waals surface area contributed by atoms with Crippen molar-refractivity contribution in [3.63, 3.8) is 0 Å². The van der Waals surface area contributed by atoms with Crippen molar-refractivity contribution in [1.82, 2.24) is 9.97 Å². The fourth-order valence-electron chi connectivity index (χ4n) is 2.62. The zero-order valence-electron chi connectivity index (χ0n) is 11.0. The molecular weight excluding hydrogens is 276 g/mol. The summed E-state index contributed by atoms with van der Waals surface area (Å²) in [7, 11) is 0. The van der Waals surface area contributed by atoms with Crippen LogP contribution in [0.1, 0.15) is 12.8 Å². The summed E-state index contributed by atoms with van der Waals surface area (Å²) in [6.07, 6.45) is 6.09. The molecule has 2 aromatic rings. The van der Waals surface area contributed by atoms with Crippen LogP contribution in [0.4, 0.5) is 5.82 Å². The van der Waals surface area contributed by atoms with Crippen molar-refractivity contribution >= 4 is 39.1 Å². The van der Waals surface area contributed by atoms with E-state index >= 15 is 0 Å². The Morgan fingerprint density at radius 2 is 2.21 bits per heavy atom. The fourth-order valence-corrected chi connectivity index (χ4v) is 4.24. The van der Waals surface area contributed by atoms with Crippen LogP contribution in [0.25, 0.3) is 10.2 Å². The van der Waals surface area contributed by atoms with Crippen molar-refractivity contribution < 1.29 is 0 Å². The molecule has 0 bridgehead atoms. The molecule has 102 valence electrons. The lowest BCUT2D eigenvalue weighted by atomic mass is 9.96. The maximum absolute atomic E-state index is 5.94. The van der Waals surface area contributed by atoms with Crippen LogP contribution >= 0.6 is 23.1 Å². The predicted molar refractivity (Wildman–Crippen MR) is 84.2 cm³/mol. The monoisotopic (exact) mass is 294 g/mol. The van der Waals surface area contributed by atoms with Crippen LogP contribution in [0.3, 0.4) is 0 Å². The van der Waals surface area contributed by atoms with Gasteiger partial charge in [0.15, 0.2) is 0 Å². The molecule has 0 atom stereocenters. The van der Waals surface area contributed by atoms with Gasteiger partial charge in [-0.3, -0.25) is 0 Å². The lowest BCUT2D eigenvalue weighted by Crippen LogP contribution is -2.46. The van der Waals surface area contributed by atoms with Gasteiger partial charge in [-0.2, -0.15) is 11.8 Å². The van der Waals surface area contributed by atoms with E-state index in [9.17, 15) is 0 Å². The number of aromatic nitrogens is 2. The molecule has 2 aromatic heterocycles. The van der Waals surface area contributed by atoms with Crippen LogP contribution < -0.4 is 10.6 Å². The van der Waals surface area contributed by atoms with E-state index in [1.165, 1.54) is 4.70 Å². The van der Waals surface area contributed by atoms with Crippen LogP contribution in [0.2, 0.25) is 0 Å². The van der Waals surface area contributed by atoms with Crippen LogP contribution in [0.5, 0.6) is 0 Å². The predicted octanol–water partition coefficient (Wildman–Crippen LogP) is 2.35. The highest BCUT2D eigenvalue weighted by molar-refractivity contribution is 8.00. The number of hydrogen-bond acceptors (Lipinski definition) is 6. The maximum atomic E-state index is 5.94. The maximum Gasteiger partial charge on any atom is 0.150 e. The molecule has 0 unspecified atom stereocenters. The van der Waals surface area contributed by atoms with Crippen molar-refractivity contribution in [2.75, 3.05) is 30.8 Å². The summed E-state index contributed by atoms with van der Waals surface area (Å²) in [5.41, 5.74) is 7.00. The average Bonchev–Trinajstić information content (AvgIpc) is 2.96. The number of nitrogens with two attached hydrogens (primary N) is 1. The number of rotatable bonds is 3. The van der Waals surface area contributed by atoms with E-state index in [0.29, 0.717) is 0 Å². The van der Waals surface area contributed by atoms with E-state index < -0.39 is 0 Å². The molecule has 1 aliphatic heterocycles. The first-order valence-corrected chi connectivity index (χ1v) is 8.57. The van der Waals surface area contributed by atoms with Gasteiger partial charge in [0, 0.05) is 24.4 Å². The number of fused-ring (bicyclic) bond motifs is 1. The molecule has 3 heterocycles. The number of thioether (sulfide) groups is 1. The van der Waals surface area contributed by atoms with E-state index in [0.717, 1.165) is 43.8 Å². The minimum absolute atomic E-state index is 0.262. The second-order valence-corrected chi connectivity index (χ2v) is 7.10. The first-order chi connectivity index (χ1) is 9.28. The van der Waals surface area contributed by atoms with E-state index in [4.69, 9.17) is 5.73 Å². The lowest BCUT2D eigenvalue weighted by Gasteiger charge is -2.40. The third-order valence-electron chi connectivity index (χ3n) is 4.00. The van der Waals surface area contributed by atoms with E-state index in [2.05, 4.69) is 32.6 Å². The molecule has 0 aliphatic carbocycles. The number of piperidine rings is 1. The van der Waals surface area contributed by atoms with Gasteiger partial charge in [-0.25, -0.2) is 9.97 Å². The average molecular weight is 294 g/mol. The van der Waals surface area contributed by atoms with Gasteiger partial charge in [-0.15, -0.1) is 11.3 Å². The highest BCUT2D eigenvalue weighted by atomic mass is 32.2. The largest absolute Gasteiger partial charge is 0.355 e. The molecule has 0 saturated carbocycles. The van der Waals surface area contributed by atoms with E-state index in [-0.39, 0.29) is 4.75 Å². The Balaban J connectivity index is 1.84. The van der Waals surface area contributed by atoms with Crippen molar-refractivity contribution in [1.29, 1.82) is 0 Å². The minimum atomic E-state index is 0.262. The molecule has 3 rings (SSSR count). The zero-order chi connectivity index (χ0) is 13.3. The van der Waals surface area contributed by atoms with Crippen LogP contribution in [0.15, 0.2) is 17.8 Å². The van der Waals surface area contributed by atoms with Crippen molar-refractivity contribution in [2.24, 2.45) is 5.73 Å². The molecule has 1 aliphatic rings. The fraction of sp³-hybridized carbons (Fsp3) is 0.538. The molecule has 2 N–H and O–H groups in total. The standard InChI is InChI=1S/C13H18N4S2/c1-18-13(8-14)3-5-17(6-4-13)12-11-10(2-7-19-11)15-9-16-12/h2,7,9H,3-6,8,14H2,1H3. The third kappa shape index (κ3) is 2.32. The van der Waals surface area contributed by atoms with Crippen LogP contribution in [0, 0.1) is 0 Å². The van der Waals surface area contributed by atoms with Gasteiger partial charge in [0.2, 0.25) is 0 Å². The molecule has 4 nitrogen and oxygen atoms in total. The first kappa shape index (κ1) is 13.1. The Bertz CT molecular complexity index is 555. The summed E-state index contributed by atoms with van der Waals surface area (Å²) >= 11 is 3.64. The molecule has 0 aromatic carbocycles. The summed E-state index contributed by atoms with van der Waals surface area (Å²) in [5, 5.41) is 2.08. The van der Waals surface area contributed by atoms with Crippen molar-refractivity contribution in [3.05, 3.63) is 17.8 Å². The van der Waals surface area contributed by atoms with Crippen LogP contribution in [-0.2, 0) is 0 Å². The normalized spacial score (nSPS) is 18.9. The molecule has 1 fully saturated rings. The Morgan fingerprint density at radius 1 is 1.42 bits per heavy atom. The summed E-state index contributed by atoms with van der Waals surface area (Å²) < 4.78 is 1.46. The van der Waals surface area contributed by atoms with E-state index in [1.807, 2.05) is 11.8 Å². The van der Waals surface area contributed by atoms with Crippen molar-refractivity contribution in [2.45, 2.75) is 17.6 Å². The molecule has 6 heteroatoms. The van der Waals surface area contributed by atoms with Gasteiger partial charge in [0.25, 0.3) is 0 Å². The van der Waals surface area contributed by atoms with Crippen molar-refractivity contribution in [3.8, 4) is 0 Å². The highest BCUT2D eigenvalue weighted by Crippen LogP contribution is 2.36. The second-order valence-electron chi connectivity index (χ2n) is 4.91. The SMILES string of the molecule is CSC1(CN)CCN(c2ncnc3ccsc23)CC1. The minimum Gasteiger partial charge on any atom is -0.355 e.